The molecular formula is C22H14FN5O2. The van der Waals surface area contributed by atoms with Crippen LogP contribution in [0, 0.1) is 5.82 Å². The van der Waals surface area contributed by atoms with Crippen LogP contribution < -0.4 is 10.1 Å². The number of amides is 1. The number of ether oxygens (including phenoxy) is 1. The maximum Gasteiger partial charge on any atom is 0.266 e. The van der Waals surface area contributed by atoms with Crippen molar-refractivity contribution in [1.82, 2.24) is 19.6 Å². The minimum Gasteiger partial charge on any atom is -0.436 e. The van der Waals surface area contributed by atoms with Gasteiger partial charge in [-0.15, -0.1) is 10.2 Å². The fourth-order valence-electron chi connectivity index (χ4n) is 3.13. The average molecular weight is 399 g/mol. The van der Waals surface area contributed by atoms with Crippen LogP contribution in [0.1, 0.15) is 10.4 Å². The molecule has 0 unspecified atom stereocenters. The maximum atomic E-state index is 13.4. The lowest BCUT2D eigenvalue weighted by molar-refractivity contribution is 0.102. The topological polar surface area (TPSA) is 81.4 Å². The average Bonchev–Trinajstić information content (AvgIpc) is 3.25. The van der Waals surface area contributed by atoms with Gasteiger partial charge in [0.05, 0.1) is 11.0 Å². The standard InChI is InChI=1S/C22H14FN5O2/c23-15-6-3-5-14(11-15)21(29)25-16-7-4-8-17(12-16)30-22-20-27-24-13-28(20)19-10-2-1-9-18(19)26-22/h1-13H,(H,25,29). The minimum absolute atomic E-state index is 0.225. The molecule has 0 saturated carbocycles. The molecule has 146 valence electrons. The Morgan fingerprint density at radius 2 is 1.87 bits per heavy atom. The number of carbonyl (C=O) groups excluding carboxylic acids is 1. The van der Waals surface area contributed by atoms with Gasteiger partial charge < -0.3 is 10.1 Å². The molecule has 1 N–H and O–H groups in total. The highest BCUT2D eigenvalue weighted by Crippen LogP contribution is 2.28. The van der Waals surface area contributed by atoms with Crippen molar-refractivity contribution in [2.75, 3.05) is 5.32 Å². The molecule has 8 heteroatoms. The molecule has 5 rings (SSSR count). The summed E-state index contributed by atoms with van der Waals surface area (Å²) in [6.45, 7) is 0. The van der Waals surface area contributed by atoms with E-state index in [2.05, 4.69) is 20.5 Å². The van der Waals surface area contributed by atoms with E-state index in [-0.39, 0.29) is 5.56 Å². The molecule has 0 aliphatic heterocycles. The predicted octanol–water partition coefficient (Wildman–Crippen LogP) is 4.46. The van der Waals surface area contributed by atoms with Gasteiger partial charge in [-0.3, -0.25) is 9.20 Å². The van der Waals surface area contributed by atoms with Gasteiger partial charge in [0.2, 0.25) is 5.65 Å². The van der Waals surface area contributed by atoms with Crippen molar-refractivity contribution in [2.45, 2.75) is 0 Å². The number of hydrogen-bond donors (Lipinski definition) is 1. The molecule has 0 spiro atoms. The van der Waals surface area contributed by atoms with E-state index in [9.17, 15) is 9.18 Å². The van der Waals surface area contributed by atoms with E-state index in [1.165, 1.54) is 18.2 Å². The number of aromatic nitrogens is 4. The van der Waals surface area contributed by atoms with Crippen LogP contribution in [0.3, 0.4) is 0 Å². The molecule has 0 aliphatic carbocycles. The number of benzene rings is 3. The van der Waals surface area contributed by atoms with Crippen LogP contribution in [-0.2, 0) is 0 Å². The summed E-state index contributed by atoms with van der Waals surface area (Å²) >= 11 is 0. The normalized spacial score (nSPS) is 11.0. The van der Waals surface area contributed by atoms with E-state index >= 15 is 0 Å². The summed E-state index contributed by atoms with van der Waals surface area (Å²) < 4.78 is 21.1. The van der Waals surface area contributed by atoms with Gasteiger partial charge in [-0.2, -0.15) is 0 Å². The van der Waals surface area contributed by atoms with Crippen molar-refractivity contribution in [1.29, 1.82) is 0 Å². The van der Waals surface area contributed by atoms with Crippen LogP contribution in [-0.4, -0.2) is 25.5 Å². The number of carbonyl (C=O) groups is 1. The Balaban J connectivity index is 1.45. The third kappa shape index (κ3) is 3.30. The molecule has 0 saturated heterocycles. The zero-order valence-corrected chi connectivity index (χ0v) is 15.5. The van der Waals surface area contributed by atoms with Crippen molar-refractivity contribution >= 4 is 28.3 Å². The predicted molar refractivity (Wildman–Crippen MR) is 109 cm³/mol. The Kier molecular flexibility index (Phi) is 4.29. The Bertz CT molecular complexity index is 1400. The van der Waals surface area contributed by atoms with Gasteiger partial charge in [0.15, 0.2) is 0 Å². The van der Waals surface area contributed by atoms with Gasteiger partial charge in [0.1, 0.15) is 17.9 Å². The van der Waals surface area contributed by atoms with Crippen molar-refractivity contribution in [3.05, 3.63) is 90.5 Å². The second-order valence-electron chi connectivity index (χ2n) is 6.52. The summed E-state index contributed by atoms with van der Waals surface area (Å²) in [5, 5.41) is 10.8. The second kappa shape index (κ2) is 7.25. The zero-order valence-electron chi connectivity index (χ0n) is 15.5. The van der Waals surface area contributed by atoms with Gasteiger partial charge >= 0.3 is 0 Å². The number of para-hydroxylation sites is 2. The van der Waals surface area contributed by atoms with Crippen LogP contribution in [0.15, 0.2) is 79.1 Å². The molecule has 5 aromatic rings. The molecule has 1 amide bonds. The largest absolute Gasteiger partial charge is 0.436 e. The Hall–Kier alpha value is -4.33. The second-order valence-corrected chi connectivity index (χ2v) is 6.52. The number of hydrogen-bond acceptors (Lipinski definition) is 5. The summed E-state index contributed by atoms with van der Waals surface area (Å²) in [5.74, 6) is -0.144. The van der Waals surface area contributed by atoms with E-state index in [4.69, 9.17) is 4.74 Å². The van der Waals surface area contributed by atoms with Crippen LogP contribution in [0.5, 0.6) is 11.6 Å². The number of nitrogens with zero attached hydrogens (tertiary/aromatic N) is 4. The van der Waals surface area contributed by atoms with Crippen molar-refractivity contribution < 1.29 is 13.9 Å². The third-order valence-electron chi connectivity index (χ3n) is 4.50. The fraction of sp³-hybridized carbons (Fsp3) is 0. The summed E-state index contributed by atoms with van der Waals surface area (Å²) in [6.07, 6.45) is 1.60. The smallest absolute Gasteiger partial charge is 0.266 e. The molecular weight excluding hydrogens is 385 g/mol. The number of fused-ring (bicyclic) bond motifs is 3. The highest BCUT2D eigenvalue weighted by atomic mass is 19.1. The van der Waals surface area contributed by atoms with Crippen LogP contribution in [0.2, 0.25) is 0 Å². The number of nitrogens with one attached hydrogen (secondary N) is 1. The van der Waals surface area contributed by atoms with Crippen molar-refractivity contribution in [3.63, 3.8) is 0 Å². The fourth-order valence-corrected chi connectivity index (χ4v) is 3.13. The van der Waals surface area contributed by atoms with E-state index in [1.807, 2.05) is 24.3 Å². The zero-order chi connectivity index (χ0) is 20.5. The molecule has 0 bridgehead atoms. The molecule has 2 heterocycles. The first kappa shape index (κ1) is 17.7. The van der Waals surface area contributed by atoms with Gasteiger partial charge in [-0.1, -0.05) is 24.3 Å². The molecule has 0 fully saturated rings. The first-order valence-corrected chi connectivity index (χ1v) is 9.11. The van der Waals surface area contributed by atoms with E-state index in [0.717, 1.165) is 11.0 Å². The van der Waals surface area contributed by atoms with E-state index in [1.54, 1.807) is 41.1 Å². The Morgan fingerprint density at radius 3 is 2.77 bits per heavy atom. The SMILES string of the molecule is O=C(Nc1cccc(Oc2nc3ccccc3n3cnnc23)c1)c1cccc(F)c1. The lowest BCUT2D eigenvalue weighted by atomic mass is 10.2. The summed E-state index contributed by atoms with van der Waals surface area (Å²) in [5.41, 5.74) is 2.79. The van der Waals surface area contributed by atoms with Crippen molar-refractivity contribution in [2.24, 2.45) is 0 Å². The van der Waals surface area contributed by atoms with E-state index < -0.39 is 11.7 Å². The van der Waals surface area contributed by atoms with Crippen LogP contribution in [0.4, 0.5) is 10.1 Å². The summed E-state index contributed by atoms with van der Waals surface area (Å²) in [6, 6.07) is 19.9. The molecule has 30 heavy (non-hydrogen) atoms. The van der Waals surface area contributed by atoms with Gasteiger partial charge in [-0.05, 0) is 42.5 Å². The lowest BCUT2D eigenvalue weighted by Crippen LogP contribution is -2.12. The lowest BCUT2D eigenvalue weighted by Gasteiger charge is -2.10. The molecule has 7 nitrogen and oxygen atoms in total. The monoisotopic (exact) mass is 399 g/mol. The minimum atomic E-state index is -0.473. The summed E-state index contributed by atoms with van der Waals surface area (Å²) in [7, 11) is 0. The van der Waals surface area contributed by atoms with Crippen LogP contribution in [0.25, 0.3) is 16.7 Å². The first-order chi connectivity index (χ1) is 14.7. The molecule has 0 atom stereocenters. The summed E-state index contributed by atoms with van der Waals surface area (Å²) in [4.78, 5) is 16.9. The quantitative estimate of drug-likeness (QED) is 0.483. The molecule has 2 aromatic heterocycles. The van der Waals surface area contributed by atoms with Gasteiger partial charge in [-0.25, -0.2) is 9.37 Å². The molecule has 0 radical (unpaired) electrons. The van der Waals surface area contributed by atoms with Gasteiger partial charge in [0.25, 0.3) is 11.8 Å². The Labute approximate surface area is 169 Å². The third-order valence-corrected chi connectivity index (χ3v) is 4.50. The van der Waals surface area contributed by atoms with E-state index in [0.29, 0.717) is 23.0 Å². The number of halogens is 1. The molecule has 0 aliphatic rings. The maximum absolute atomic E-state index is 13.4. The van der Waals surface area contributed by atoms with Crippen molar-refractivity contribution in [3.8, 4) is 11.6 Å². The molecule has 3 aromatic carbocycles. The Morgan fingerprint density at radius 1 is 1.00 bits per heavy atom. The number of rotatable bonds is 4. The van der Waals surface area contributed by atoms with Gasteiger partial charge in [0, 0.05) is 17.3 Å². The first-order valence-electron chi connectivity index (χ1n) is 9.11. The highest BCUT2D eigenvalue weighted by molar-refractivity contribution is 6.04. The van der Waals surface area contributed by atoms with Crippen LogP contribution >= 0.6 is 0 Å². The highest BCUT2D eigenvalue weighted by Gasteiger charge is 2.13. The number of anilines is 1.